The van der Waals surface area contributed by atoms with Crippen LogP contribution >= 0.6 is 11.6 Å². The zero-order chi connectivity index (χ0) is 13.5. The SMILES string of the molecule is CC[C@@H](Oc1ccccc1Cl)C(=O)NCC(C)C. The summed E-state index contributed by atoms with van der Waals surface area (Å²) in [7, 11) is 0. The third kappa shape index (κ3) is 4.57. The molecule has 1 aromatic carbocycles. The van der Waals surface area contributed by atoms with Gasteiger partial charge in [-0.05, 0) is 24.5 Å². The van der Waals surface area contributed by atoms with Crippen LogP contribution in [0.4, 0.5) is 0 Å². The summed E-state index contributed by atoms with van der Waals surface area (Å²) in [6.45, 7) is 6.67. The van der Waals surface area contributed by atoms with Crippen molar-refractivity contribution < 1.29 is 9.53 Å². The fourth-order valence-corrected chi connectivity index (χ4v) is 1.61. The molecule has 100 valence electrons. The van der Waals surface area contributed by atoms with Crippen molar-refractivity contribution in [2.24, 2.45) is 5.92 Å². The highest BCUT2D eigenvalue weighted by Gasteiger charge is 2.19. The van der Waals surface area contributed by atoms with Gasteiger partial charge >= 0.3 is 0 Å². The summed E-state index contributed by atoms with van der Waals surface area (Å²) in [5.74, 6) is 0.878. The molecule has 0 fully saturated rings. The number of amides is 1. The van der Waals surface area contributed by atoms with Crippen molar-refractivity contribution in [3.05, 3.63) is 29.3 Å². The Bertz CT molecular complexity index is 393. The van der Waals surface area contributed by atoms with E-state index in [4.69, 9.17) is 16.3 Å². The maximum atomic E-state index is 11.9. The topological polar surface area (TPSA) is 38.3 Å². The van der Waals surface area contributed by atoms with Crippen LogP contribution in [0, 0.1) is 5.92 Å². The van der Waals surface area contributed by atoms with Crippen molar-refractivity contribution in [1.29, 1.82) is 0 Å². The Labute approximate surface area is 113 Å². The van der Waals surface area contributed by atoms with E-state index in [2.05, 4.69) is 19.2 Å². The number of rotatable bonds is 6. The minimum absolute atomic E-state index is 0.0916. The van der Waals surface area contributed by atoms with E-state index in [0.29, 0.717) is 29.7 Å². The lowest BCUT2D eigenvalue weighted by Crippen LogP contribution is -2.39. The molecule has 0 aliphatic heterocycles. The maximum absolute atomic E-state index is 11.9. The van der Waals surface area contributed by atoms with Crippen LogP contribution in [0.1, 0.15) is 27.2 Å². The first kappa shape index (κ1) is 14.8. The quantitative estimate of drug-likeness (QED) is 0.861. The number of carbonyl (C=O) groups excluding carboxylic acids is 1. The van der Waals surface area contributed by atoms with Gasteiger partial charge in [0.25, 0.3) is 5.91 Å². The largest absolute Gasteiger partial charge is 0.479 e. The molecule has 0 saturated heterocycles. The van der Waals surface area contributed by atoms with E-state index >= 15 is 0 Å². The molecule has 0 spiro atoms. The van der Waals surface area contributed by atoms with Gasteiger partial charge in [0, 0.05) is 6.54 Å². The molecule has 0 saturated carbocycles. The van der Waals surface area contributed by atoms with Crippen LogP contribution in [0.15, 0.2) is 24.3 Å². The van der Waals surface area contributed by atoms with Crippen LogP contribution in [-0.2, 0) is 4.79 Å². The molecule has 1 amide bonds. The third-order valence-electron chi connectivity index (χ3n) is 2.45. The van der Waals surface area contributed by atoms with Crippen LogP contribution in [0.3, 0.4) is 0 Å². The number of ether oxygens (including phenoxy) is 1. The van der Waals surface area contributed by atoms with E-state index in [0.717, 1.165) is 0 Å². The lowest BCUT2D eigenvalue weighted by atomic mass is 10.2. The summed E-state index contributed by atoms with van der Waals surface area (Å²) in [5, 5.41) is 3.39. The Hall–Kier alpha value is -1.22. The lowest BCUT2D eigenvalue weighted by molar-refractivity contribution is -0.128. The number of para-hydroxylation sites is 1. The molecular formula is C14H20ClNO2. The molecule has 0 aliphatic carbocycles. The molecule has 18 heavy (non-hydrogen) atoms. The van der Waals surface area contributed by atoms with Gasteiger partial charge in [0.2, 0.25) is 0 Å². The van der Waals surface area contributed by atoms with Gasteiger partial charge in [-0.2, -0.15) is 0 Å². The summed E-state index contributed by atoms with van der Waals surface area (Å²) in [6, 6.07) is 7.17. The molecule has 0 aromatic heterocycles. The van der Waals surface area contributed by atoms with E-state index in [1.54, 1.807) is 12.1 Å². The summed E-state index contributed by atoms with van der Waals surface area (Å²) in [6.07, 6.45) is 0.110. The summed E-state index contributed by atoms with van der Waals surface area (Å²) in [4.78, 5) is 11.9. The van der Waals surface area contributed by atoms with Crippen LogP contribution in [-0.4, -0.2) is 18.6 Å². The van der Waals surface area contributed by atoms with Crippen LogP contribution < -0.4 is 10.1 Å². The second-order valence-corrected chi connectivity index (χ2v) is 4.99. The molecule has 1 N–H and O–H groups in total. The average Bonchev–Trinajstić information content (AvgIpc) is 2.35. The number of benzene rings is 1. The normalized spacial score (nSPS) is 12.3. The number of halogens is 1. The van der Waals surface area contributed by atoms with Gasteiger partial charge in [-0.1, -0.05) is 44.5 Å². The molecule has 1 rings (SSSR count). The third-order valence-corrected chi connectivity index (χ3v) is 2.77. The van der Waals surface area contributed by atoms with Crippen molar-refractivity contribution in [1.82, 2.24) is 5.32 Å². The fraction of sp³-hybridized carbons (Fsp3) is 0.500. The molecule has 0 radical (unpaired) electrons. The van der Waals surface area contributed by atoms with E-state index in [1.165, 1.54) is 0 Å². The maximum Gasteiger partial charge on any atom is 0.261 e. The van der Waals surface area contributed by atoms with Gasteiger partial charge in [-0.15, -0.1) is 0 Å². The van der Waals surface area contributed by atoms with Crippen molar-refractivity contribution in [2.45, 2.75) is 33.3 Å². The summed E-state index contributed by atoms with van der Waals surface area (Å²) in [5.41, 5.74) is 0. The molecule has 0 bridgehead atoms. The highest BCUT2D eigenvalue weighted by atomic mass is 35.5. The minimum Gasteiger partial charge on any atom is -0.479 e. The molecule has 0 heterocycles. The Balaban J connectivity index is 2.62. The van der Waals surface area contributed by atoms with E-state index < -0.39 is 6.10 Å². The first-order chi connectivity index (χ1) is 8.54. The van der Waals surface area contributed by atoms with Gasteiger partial charge in [0.1, 0.15) is 5.75 Å². The first-order valence-electron chi connectivity index (χ1n) is 6.23. The molecule has 3 nitrogen and oxygen atoms in total. The molecular weight excluding hydrogens is 250 g/mol. The van der Waals surface area contributed by atoms with Crippen molar-refractivity contribution in [3.63, 3.8) is 0 Å². The molecule has 0 unspecified atom stereocenters. The standard InChI is InChI=1S/C14H20ClNO2/c1-4-12(14(17)16-9-10(2)3)18-13-8-6-5-7-11(13)15/h5-8,10,12H,4,9H2,1-3H3,(H,16,17)/t12-/m1/s1. The second-order valence-electron chi connectivity index (χ2n) is 4.58. The number of hydrogen-bond acceptors (Lipinski definition) is 2. The van der Waals surface area contributed by atoms with Gasteiger partial charge in [0.05, 0.1) is 5.02 Å². The Kier molecular flexibility index (Phi) is 5.99. The van der Waals surface area contributed by atoms with Gasteiger partial charge in [-0.25, -0.2) is 0 Å². The van der Waals surface area contributed by atoms with Gasteiger partial charge < -0.3 is 10.1 Å². The number of hydrogen-bond donors (Lipinski definition) is 1. The van der Waals surface area contributed by atoms with Crippen LogP contribution in [0.2, 0.25) is 5.02 Å². The summed E-state index contributed by atoms with van der Waals surface area (Å²) < 4.78 is 5.64. The zero-order valence-corrected chi connectivity index (χ0v) is 11.8. The van der Waals surface area contributed by atoms with Crippen molar-refractivity contribution >= 4 is 17.5 Å². The number of carbonyl (C=O) groups is 1. The van der Waals surface area contributed by atoms with E-state index in [9.17, 15) is 4.79 Å². The van der Waals surface area contributed by atoms with E-state index in [1.807, 2.05) is 19.1 Å². The average molecular weight is 270 g/mol. The smallest absolute Gasteiger partial charge is 0.261 e. The minimum atomic E-state index is -0.497. The number of nitrogens with one attached hydrogen (secondary N) is 1. The molecule has 1 atom stereocenters. The first-order valence-corrected chi connectivity index (χ1v) is 6.61. The highest BCUT2D eigenvalue weighted by Crippen LogP contribution is 2.24. The van der Waals surface area contributed by atoms with Crippen LogP contribution in [0.5, 0.6) is 5.75 Å². The van der Waals surface area contributed by atoms with Crippen molar-refractivity contribution in [3.8, 4) is 5.75 Å². The highest BCUT2D eigenvalue weighted by molar-refractivity contribution is 6.32. The molecule has 0 aliphatic rings. The fourth-order valence-electron chi connectivity index (χ4n) is 1.43. The van der Waals surface area contributed by atoms with Crippen molar-refractivity contribution in [2.75, 3.05) is 6.54 Å². The Morgan fingerprint density at radius 2 is 2.06 bits per heavy atom. The van der Waals surface area contributed by atoms with Crippen LogP contribution in [0.25, 0.3) is 0 Å². The molecule has 1 aromatic rings. The van der Waals surface area contributed by atoms with Gasteiger partial charge in [0.15, 0.2) is 6.10 Å². The van der Waals surface area contributed by atoms with E-state index in [-0.39, 0.29) is 5.91 Å². The van der Waals surface area contributed by atoms with Gasteiger partial charge in [-0.3, -0.25) is 4.79 Å². The summed E-state index contributed by atoms with van der Waals surface area (Å²) >= 11 is 6.00. The Morgan fingerprint density at radius 3 is 2.61 bits per heavy atom. The Morgan fingerprint density at radius 1 is 1.39 bits per heavy atom. The monoisotopic (exact) mass is 269 g/mol. The molecule has 4 heteroatoms. The second kappa shape index (κ2) is 7.27. The zero-order valence-electron chi connectivity index (χ0n) is 11.1. The predicted molar refractivity (Wildman–Crippen MR) is 74.0 cm³/mol. The predicted octanol–water partition coefficient (Wildman–Crippen LogP) is 3.27. The lowest BCUT2D eigenvalue weighted by Gasteiger charge is -2.18.